The van der Waals surface area contributed by atoms with Crippen LogP contribution in [0.2, 0.25) is 0 Å². The van der Waals surface area contributed by atoms with Crippen molar-refractivity contribution in [1.82, 2.24) is 34.2 Å². The summed E-state index contributed by atoms with van der Waals surface area (Å²) in [4.78, 5) is 15.2. The summed E-state index contributed by atoms with van der Waals surface area (Å²) in [6, 6.07) is 8.22. The number of halogens is 3. The smallest absolute Gasteiger partial charge is 0.328 e. The molecule has 0 N–H and O–H groups in total. The first-order valence-corrected chi connectivity index (χ1v) is 10.5. The van der Waals surface area contributed by atoms with Crippen LogP contribution in [-0.4, -0.2) is 46.7 Å². The van der Waals surface area contributed by atoms with Gasteiger partial charge in [-0.3, -0.25) is 18.8 Å². The third-order valence-corrected chi connectivity index (χ3v) is 6.28. The van der Waals surface area contributed by atoms with E-state index in [0.717, 1.165) is 22.5 Å². The molecule has 8 nitrogen and oxygen atoms in total. The molecule has 5 rings (SSSR count). The number of hydrogen-bond donors (Lipinski definition) is 0. The van der Waals surface area contributed by atoms with E-state index in [4.69, 9.17) is 0 Å². The highest BCUT2D eigenvalue weighted by Gasteiger charge is 2.38. The molecule has 0 radical (unpaired) electrons. The Morgan fingerprint density at radius 1 is 1.03 bits per heavy atom. The number of fused-ring (bicyclic) bond motifs is 2. The van der Waals surface area contributed by atoms with E-state index in [1.807, 2.05) is 31.2 Å². The normalized spacial score (nSPS) is 16.5. The van der Waals surface area contributed by atoms with Crippen LogP contribution in [0.25, 0.3) is 22.3 Å². The molecule has 1 aliphatic heterocycles. The summed E-state index contributed by atoms with van der Waals surface area (Å²) < 4.78 is 44.0. The molecule has 1 amide bonds. The number of nitrogens with zero attached hydrogens (tertiary/aromatic N) is 7. The molecule has 4 aromatic rings. The number of rotatable bonds is 2. The highest BCUT2D eigenvalue weighted by atomic mass is 19.4. The van der Waals surface area contributed by atoms with Gasteiger partial charge in [-0.25, -0.2) is 0 Å². The van der Waals surface area contributed by atoms with E-state index in [1.165, 1.54) is 11.7 Å². The maximum atomic E-state index is 13.5. The van der Waals surface area contributed by atoms with Crippen molar-refractivity contribution in [2.24, 2.45) is 21.1 Å². The Kier molecular flexibility index (Phi) is 4.62. The molecule has 0 saturated carbocycles. The molecule has 0 spiro atoms. The summed E-state index contributed by atoms with van der Waals surface area (Å²) in [5, 5.41) is 13.4. The van der Waals surface area contributed by atoms with Crippen LogP contribution in [0.1, 0.15) is 40.4 Å². The summed E-state index contributed by atoms with van der Waals surface area (Å²) in [6.07, 6.45) is -4.07. The minimum absolute atomic E-state index is 0.197. The third-order valence-electron chi connectivity index (χ3n) is 6.28. The first-order chi connectivity index (χ1) is 15.6. The predicted octanol–water partition coefficient (Wildman–Crippen LogP) is 3.49. The molecule has 11 heteroatoms. The van der Waals surface area contributed by atoms with E-state index < -0.39 is 11.9 Å². The Labute approximate surface area is 187 Å². The van der Waals surface area contributed by atoms with Gasteiger partial charge in [0.1, 0.15) is 0 Å². The van der Waals surface area contributed by atoms with Crippen LogP contribution >= 0.6 is 0 Å². The van der Waals surface area contributed by atoms with E-state index in [0.29, 0.717) is 35.7 Å². The quantitative estimate of drug-likeness (QED) is 0.462. The maximum absolute atomic E-state index is 13.5. The van der Waals surface area contributed by atoms with E-state index in [-0.39, 0.29) is 11.9 Å². The van der Waals surface area contributed by atoms with Crippen molar-refractivity contribution in [3.63, 3.8) is 0 Å². The number of para-hydroxylation sites is 1. The van der Waals surface area contributed by atoms with Gasteiger partial charge in [0.2, 0.25) is 0 Å². The van der Waals surface area contributed by atoms with Crippen LogP contribution in [-0.2, 0) is 33.7 Å². The highest BCUT2D eigenvalue weighted by Crippen LogP contribution is 2.38. The lowest BCUT2D eigenvalue weighted by molar-refractivity contribution is -0.141. The largest absolute Gasteiger partial charge is 0.435 e. The van der Waals surface area contributed by atoms with Gasteiger partial charge in [-0.2, -0.15) is 28.5 Å². The Morgan fingerprint density at radius 2 is 1.76 bits per heavy atom. The Morgan fingerprint density at radius 3 is 2.45 bits per heavy atom. The highest BCUT2D eigenvalue weighted by molar-refractivity contribution is 6.05. The minimum Gasteiger partial charge on any atom is -0.328 e. The topological polar surface area (TPSA) is 73.8 Å². The van der Waals surface area contributed by atoms with Gasteiger partial charge < -0.3 is 4.90 Å². The van der Waals surface area contributed by atoms with Gasteiger partial charge in [0.15, 0.2) is 11.4 Å². The number of amides is 1. The number of carbonyl (C=O) groups is 1. The number of aryl methyl sites for hydroxylation is 3. The van der Waals surface area contributed by atoms with E-state index >= 15 is 0 Å². The lowest BCUT2D eigenvalue weighted by Gasteiger charge is -2.32. The van der Waals surface area contributed by atoms with Crippen LogP contribution in [0.3, 0.4) is 0 Å². The Bertz CT molecular complexity index is 1400. The molecular weight excluding hydrogens is 435 g/mol. The summed E-state index contributed by atoms with van der Waals surface area (Å²) in [5.74, 6) is -0.197. The predicted molar refractivity (Wildman–Crippen MR) is 114 cm³/mol. The molecule has 1 atom stereocenters. The van der Waals surface area contributed by atoms with Crippen LogP contribution in [0.4, 0.5) is 13.2 Å². The van der Waals surface area contributed by atoms with Gasteiger partial charge in [0, 0.05) is 38.6 Å². The van der Waals surface area contributed by atoms with E-state index in [9.17, 15) is 18.0 Å². The molecule has 0 bridgehead atoms. The van der Waals surface area contributed by atoms with Crippen molar-refractivity contribution in [1.29, 1.82) is 0 Å². The number of benzene rings is 1. The van der Waals surface area contributed by atoms with Gasteiger partial charge in [-0.1, -0.05) is 18.2 Å². The number of aromatic nitrogens is 6. The second-order valence-corrected chi connectivity index (χ2v) is 8.29. The van der Waals surface area contributed by atoms with Gasteiger partial charge in [-0.15, -0.1) is 0 Å². The SMILES string of the molecule is C[C@H]1c2nn(C)c(-c3cc(C(F)(F)F)nn3C)c2CCN1C(=O)c1nn(C)c2ccccc12. The molecule has 1 aliphatic rings. The van der Waals surface area contributed by atoms with Gasteiger partial charge >= 0.3 is 6.18 Å². The van der Waals surface area contributed by atoms with Crippen LogP contribution in [0, 0.1) is 0 Å². The minimum atomic E-state index is -4.53. The molecule has 1 aromatic carbocycles. The van der Waals surface area contributed by atoms with Crippen LogP contribution in [0.5, 0.6) is 0 Å². The van der Waals surface area contributed by atoms with E-state index in [2.05, 4.69) is 15.3 Å². The zero-order chi connectivity index (χ0) is 23.7. The van der Waals surface area contributed by atoms with Gasteiger partial charge in [0.25, 0.3) is 5.91 Å². The van der Waals surface area contributed by atoms with Gasteiger partial charge in [0.05, 0.1) is 28.6 Å². The molecule has 0 aliphatic carbocycles. The molecule has 0 fully saturated rings. The van der Waals surface area contributed by atoms with Gasteiger partial charge in [-0.05, 0) is 25.5 Å². The second kappa shape index (κ2) is 7.19. The maximum Gasteiger partial charge on any atom is 0.435 e. The summed E-state index contributed by atoms with van der Waals surface area (Å²) in [5.41, 5.74) is 2.71. The molecular formula is C22H22F3N7O. The summed E-state index contributed by atoms with van der Waals surface area (Å²) in [6.45, 7) is 2.28. The Hall–Kier alpha value is -3.63. The molecule has 0 saturated heterocycles. The lowest BCUT2D eigenvalue weighted by Crippen LogP contribution is -2.39. The standard InChI is InChI=1S/C22H22F3N7O/c1-12-18-14(20(31(4)27-18)16-11-17(22(23,24)25)26-30(16)3)9-10-32(12)21(33)19-13-7-5-6-8-15(13)29(2)28-19/h5-8,11-12H,9-10H2,1-4H3/t12-/m0/s1. The number of carbonyl (C=O) groups excluding carboxylic acids is 1. The van der Waals surface area contributed by atoms with E-state index in [1.54, 1.807) is 28.4 Å². The first kappa shape index (κ1) is 21.2. The summed E-state index contributed by atoms with van der Waals surface area (Å²) in [7, 11) is 4.97. The monoisotopic (exact) mass is 457 g/mol. The van der Waals surface area contributed by atoms with Crippen molar-refractivity contribution < 1.29 is 18.0 Å². The third kappa shape index (κ3) is 3.21. The van der Waals surface area contributed by atoms with Crippen molar-refractivity contribution >= 4 is 16.8 Å². The van der Waals surface area contributed by atoms with Crippen molar-refractivity contribution in [3.8, 4) is 11.4 Å². The fourth-order valence-electron chi connectivity index (χ4n) is 4.68. The lowest BCUT2D eigenvalue weighted by atomic mass is 9.96. The molecule has 33 heavy (non-hydrogen) atoms. The Balaban J connectivity index is 1.53. The molecule has 172 valence electrons. The fourth-order valence-corrected chi connectivity index (χ4v) is 4.68. The molecule has 3 aromatic heterocycles. The fraction of sp³-hybridized carbons (Fsp3) is 0.364. The molecule has 4 heterocycles. The van der Waals surface area contributed by atoms with Crippen molar-refractivity contribution in [2.75, 3.05) is 6.54 Å². The first-order valence-electron chi connectivity index (χ1n) is 10.5. The average molecular weight is 457 g/mol. The number of hydrogen-bond acceptors (Lipinski definition) is 4. The number of alkyl halides is 3. The zero-order valence-corrected chi connectivity index (χ0v) is 18.6. The van der Waals surface area contributed by atoms with Crippen LogP contribution < -0.4 is 0 Å². The average Bonchev–Trinajstić information content (AvgIpc) is 3.41. The zero-order valence-electron chi connectivity index (χ0n) is 18.6. The molecule has 0 unspecified atom stereocenters. The van der Waals surface area contributed by atoms with Crippen molar-refractivity contribution in [2.45, 2.75) is 25.6 Å². The summed E-state index contributed by atoms with van der Waals surface area (Å²) >= 11 is 0. The second-order valence-electron chi connectivity index (χ2n) is 8.29. The van der Waals surface area contributed by atoms with Crippen LogP contribution in [0.15, 0.2) is 30.3 Å². The van der Waals surface area contributed by atoms with Crippen molar-refractivity contribution in [3.05, 3.63) is 53.0 Å².